The molecule has 0 spiro atoms. The Labute approximate surface area is 85.5 Å². The van der Waals surface area contributed by atoms with E-state index < -0.39 is 0 Å². The predicted molar refractivity (Wildman–Crippen MR) is 58.7 cm³/mol. The second-order valence-corrected chi connectivity index (χ2v) is 3.58. The van der Waals surface area contributed by atoms with E-state index in [4.69, 9.17) is 4.74 Å². The minimum absolute atomic E-state index is 0.938. The van der Waals surface area contributed by atoms with E-state index in [0.717, 1.165) is 18.8 Å². The summed E-state index contributed by atoms with van der Waals surface area (Å²) in [6, 6.07) is 8.26. The standard InChI is InChI=1S/C12H16NO/c1-14-12-7-5-6-11(10-12)13-8-3-2-4-9-13/h3,5-7,10H,2,4,8-9H2,1H3. The van der Waals surface area contributed by atoms with Gasteiger partial charge in [-0.1, -0.05) is 6.07 Å². The number of hydrogen-bond donors (Lipinski definition) is 0. The van der Waals surface area contributed by atoms with Crippen LogP contribution in [0.1, 0.15) is 12.8 Å². The van der Waals surface area contributed by atoms with Gasteiger partial charge in [0.25, 0.3) is 0 Å². The predicted octanol–water partition coefficient (Wildman–Crippen LogP) is 2.50. The monoisotopic (exact) mass is 190 g/mol. The van der Waals surface area contributed by atoms with E-state index in [9.17, 15) is 0 Å². The molecule has 1 saturated heterocycles. The molecular weight excluding hydrogens is 174 g/mol. The van der Waals surface area contributed by atoms with Crippen molar-refractivity contribution < 1.29 is 4.74 Å². The summed E-state index contributed by atoms with van der Waals surface area (Å²) >= 11 is 0. The molecule has 2 nitrogen and oxygen atoms in total. The Hall–Kier alpha value is -1.18. The Kier molecular flexibility index (Phi) is 2.92. The third-order valence-electron chi connectivity index (χ3n) is 2.60. The van der Waals surface area contributed by atoms with Gasteiger partial charge in [0, 0.05) is 24.8 Å². The fraction of sp³-hybridized carbons (Fsp3) is 0.417. The fourth-order valence-corrected chi connectivity index (χ4v) is 1.81. The van der Waals surface area contributed by atoms with Gasteiger partial charge in [-0.3, -0.25) is 0 Å². The largest absolute Gasteiger partial charge is 0.497 e. The molecule has 1 aromatic rings. The summed E-state index contributed by atoms with van der Waals surface area (Å²) in [6.45, 7) is 2.22. The first-order valence-corrected chi connectivity index (χ1v) is 5.11. The molecule has 14 heavy (non-hydrogen) atoms. The number of piperidine rings is 1. The second kappa shape index (κ2) is 4.36. The van der Waals surface area contributed by atoms with E-state index in [0.29, 0.717) is 0 Å². The van der Waals surface area contributed by atoms with Crippen molar-refractivity contribution in [3.05, 3.63) is 30.7 Å². The molecule has 2 rings (SSSR count). The molecule has 1 heterocycles. The van der Waals surface area contributed by atoms with Gasteiger partial charge in [0.15, 0.2) is 0 Å². The van der Waals surface area contributed by atoms with Gasteiger partial charge in [-0.05, 0) is 31.4 Å². The van der Waals surface area contributed by atoms with Gasteiger partial charge in [-0.25, -0.2) is 0 Å². The number of anilines is 1. The average molecular weight is 190 g/mol. The highest BCUT2D eigenvalue weighted by molar-refractivity contribution is 5.51. The Balaban J connectivity index is 2.13. The van der Waals surface area contributed by atoms with Gasteiger partial charge in [0.05, 0.1) is 7.11 Å². The summed E-state index contributed by atoms with van der Waals surface area (Å²) < 4.78 is 5.21. The summed E-state index contributed by atoms with van der Waals surface area (Å²) in [7, 11) is 1.71. The Morgan fingerprint density at radius 1 is 1.36 bits per heavy atom. The van der Waals surface area contributed by atoms with Crippen molar-refractivity contribution in [3.63, 3.8) is 0 Å². The van der Waals surface area contributed by atoms with E-state index in [1.807, 2.05) is 12.1 Å². The highest BCUT2D eigenvalue weighted by Gasteiger charge is 2.10. The first kappa shape index (κ1) is 9.38. The van der Waals surface area contributed by atoms with Gasteiger partial charge < -0.3 is 9.64 Å². The molecule has 1 fully saturated rings. The minimum atomic E-state index is 0.938. The third kappa shape index (κ3) is 2.00. The van der Waals surface area contributed by atoms with E-state index in [1.165, 1.54) is 18.5 Å². The summed E-state index contributed by atoms with van der Waals surface area (Å²) in [5.41, 5.74) is 1.26. The van der Waals surface area contributed by atoms with Crippen LogP contribution in [0.2, 0.25) is 0 Å². The van der Waals surface area contributed by atoms with Crippen molar-refractivity contribution >= 4 is 5.69 Å². The number of nitrogens with zero attached hydrogens (tertiary/aromatic N) is 1. The lowest BCUT2D eigenvalue weighted by atomic mass is 10.1. The van der Waals surface area contributed by atoms with Crippen LogP contribution in [-0.4, -0.2) is 20.2 Å². The molecule has 0 aliphatic carbocycles. The van der Waals surface area contributed by atoms with Crippen LogP contribution in [0.3, 0.4) is 0 Å². The highest BCUT2D eigenvalue weighted by atomic mass is 16.5. The first-order chi connectivity index (χ1) is 6.90. The van der Waals surface area contributed by atoms with Gasteiger partial charge in [0.1, 0.15) is 5.75 Å². The lowest BCUT2D eigenvalue weighted by Crippen LogP contribution is -2.29. The SMILES string of the molecule is COc1cccc(N2C[CH]CCC2)c1. The molecule has 0 unspecified atom stereocenters. The van der Waals surface area contributed by atoms with Gasteiger partial charge in [-0.15, -0.1) is 0 Å². The summed E-state index contributed by atoms with van der Waals surface area (Å²) in [6.07, 6.45) is 4.85. The van der Waals surface area contributed by atoms with Gasteiger partial charge in [-0.2, -0.15) is 0 Å². The average Bonchev–Trinajstić information content (AvgIpc) is 2.30. The van der Waals surface area contributed by atoms with Crippen molar-refractivity contribution in [2.24, 2.45) is 0 Å². The van der Waals surface area contributed by atoms with Gasteiger partial charge >= 0.3 is 0 Å². The summed E-state index contributed by atoms with van der Waals surface area (Å²) in [5.74, 6) is 0.938. The van der Waals surface area contributed by atoms with Crippen LogP contribution in [0.15, 0.2) is 24.3 Å². The summed E-state index contributed by atoms with van der Waals surface area (Å²) in [4.78, 5) is 2.38. The van der Waals surface area contributed by atoms with Crippen LogP contribution >= 0.6 is 0 Å². The Bertz CT molecular complexity index is 292. The second-order valence-electron chi connectivity index (χ2n) is 3.58. The molecule has 0 bridgehead atoms. The number of benzene rings is 1. The number of ether oxygens (including phenoxy) is 1. The van der Waals surface area contributed by atoms with Crippen LogP contribution < -0.4 is 9.64 Å². The van der Waals surface area contributed by atoms with Crippen LogP contribution in [0, 0.1) is 6.42 Å². The zero-order valence-electron chi connectivity index (χ0n) is 8.57. The molecule has 1 radical (unpaired) electrons. The van der Waals surface area contributed by atoms with Crippen LogP contribution in [0.5, 0.6) is 5.75 Å². The quantitative estimate of drug-likeness (QED) is 0.710. The maximum absolute atomic E-state index is 5.21. The number of methoxy groups -OCH3 is 1. The van der Waals surface area contributed by atoms with E-state index in [2.05, 4.69) is 23.5 Å². The number of hydrogen-bond acceptors (Lipinski definition) is 2. The molecule has 0 N–H and O–H groups in total. The van der Waals surface area contributed by atoms with E-state index in [1.54, 1.807) is 7.11 Å². The molecule has 2 heteroatoms. The lowest BCUT2D eigenvalue weighted by Gasteiger charge is -2.28. The zero-order valence-corrected chi connectivity index (χ0v) is 8.57. The van der Waals surface area contributed by atoms with E-state index >= 15 is 0 Å². The zero-order chi connectivity index (χ0) is 9.80. The van der Waals surface area contributed by atoms with Gasteiger partial charge in [0.2, 0.25) is 0 Å². The molecule has 1 aromatic carbocycles. The first-order valence-electron chi connectivity index (χ1n) is 5.11. The smallest absolute Gasteiger partial charge is 0.120 e. The Morgan fingerprint density at radius 3 is 3.00 bits per heavy atom. The van der Waals surface area contributed by atoms with Crippen LogP contribution in [0.25, 0.3) is 0 Å². The summed E-state index contributed by atoms with van der Waals surface area (Å²) in [5, 5.41) is 0. The van der Waals surface area contributed by atoms with E-state index in [-0.39, 0.29) is 0 Å². The third-order valence-corrected chi connectivity index (χ3v) is 2.60. The molecule has 75 valence electrons. The van der Waals surface area contributed by atoms with Crippen molar-refractivity contribution in [2.45, 2.75) is 12.8 Å². The van der Waals surface area contributed by atoms with Crippen molar-refractivity contribution in [3.8, 4) is 5.75 Å². The topological polar surface area (TPSA) is 12.5 Å². The Morgan fingerprint density at radius 2 is 2.29 bits per heavy atom. The molecule has 1 aliphatic rings. The maximum atomic E-state index is 5.21. The maximum Gasteiger partial charge on any atom is 0.120 e. The van der Waals surface area contributed by atoms with Crippen molar-refractivity contribution in [2.75, 3.05) is 25.1 Å². The lowest BCUT2D eigenvalue weighted by molar-refractivity contribution is 0.414. The van der Waals surface area contributed by atoms with Crippen molar-refractivity contribution in [1.82, 2.24) is 0 Å². The normalized spacial score (nSPS) is 16.8. The van der Waals surface area contributed by atoms with Crippen LogP contribution in [0.4, 0.5) is 5.69 Å². The molecule has 0 saturated carbocycles. The molecule has 0 amide bonds. The minimum Gasteiger partial charge on any atom is -0.497 e. The molecule has 0 aromatic heterocycles. The van der Waals surface area contributed by atoms with Crippen LogP contribution in [-0.2, 0) is 0 Å². The molecule has 0 atom stereocenters. The molecular formula is C12H16NO. The number of rotatable bonds is 2. The fourth-order valence-electron chi connectivity index (χ4n) is 1.81. The molecule has 1 aliphatic heterocycles. The van der Waals surface area contributed by atoms with Crippen molar-refractivity contribution in [1.29, 1.82) is 0 Å². The highest BCUT2D eigenvalue weighted by Crippen LogP contribution is 2.23.